The molecule has 1 saturated carbocycles. The Morgan fingerprint density at radius 3 is 2.26 bits per heavy atom. The third kappa shape index (κ3) is 9.31. The second kappa shape index (κ2) is 16.0. The Balaban J connectivity index is 0.00000253. The minimum absolute atomic E-state index is 0. The molecule has 2 aromatic carbocycles. The zero-order valence-corrected chi connectivity index (χ0v) is 22.9. The highest BCUT2D eigenvalue weighted by Gasteiger charge is 2.29. The zero-order chi connectivity index (χ0) is 25.2. The highest BCUT2D eigenvalue weighted by molar-refractivity contribution is 5.97. The van der Waals surface area contributed by atoms with Gasteiger partial charge in [0.25, 0.3) is 0 Å². The molecule has 0 aliphatic heterocycles. The maximum Gasteiger partial charge on any atom is 0.247 e. The number of aromatic nitrogens is 1. The number of nitrogens with one attached hydrogen (secondary N) is 2. The van der Waals surface area contributed by atoms with Crippen LogP contribution in [0, 0.1) is 11.8 Å². The van der Waals surface area contributed by atoms with Crippen molar-refractivity contribution in [3.63, 3.8) is 0 Å². The summed E-state index contributed by atoms with van der Waals surface area (Å²) in [6, 6.07) is 20.5. The van der Waals surface area contributed by atoms with Crippen molar-refractivity contribution in [1.82, 2.24) is 10.3 Å². The Bertz CT molecular complexity index is 1110. The van der Waals surface area contributed by atoms with E-state index in [1.165, 1.54) is 0 Å². The summed E-state index contributed by atoms with van der Waals surface area (Å²) in [5, 5.41) is 5.89. The van der Waals surface area contributed by atoms with E-state index in [1.54, 1.807) is 24.5 Å². The molecule has 1 fully saturated rings. The van der Waals surface area contributed by atoms with Gasteiger partial charge in [0.15, 0.2) is 0 Å². The number of hydrogen-bond acceptors (Lipinski definition) is 5. The Labute approximate surface area is 236 Å². The van der Waals surface area contributed by atoms with Gasteiger partial charge in [-0.05, 0) is 73.5 Å². The summed E-state index contributed by atoms with van der Waals surface area (Å²) >= 11 is 0. The number of nitrogens with two attached hydrogens (primary N) is 1. The predicted molar refractivity (Wildman–Crippen MR) is 155 cm³/mol. The SMILES string of the molecule is Cl.Cl.NC[C@H]1CC[C@H](C(=O)N[C@@H](Cc2ccc(OCc3ccccc3)cc2)C(=O)Nc2cccnc2)CC1. The number of pyridine rings is 1. The van der Waals surface area contributed by atoms with Crippen LogP contribution < -0.4 is 21.1 Å². The first-order chi connectivity index (χ1) is 17.6. The van der Waals surface area contributed by atoms with Gasteiger partial charge in [-0.25, -0.2) is 0 Å². The lowest BCUT2D eigenvalue weighted by Gasteiger charge is -2.28. The van der Waals surface area contributed by atoms with Crippen LogP contribution in [0.1, 0.15) is 36.8 Å². The molecular weight excluding hydrogens is 523 g/mol. The van der Waals surface area contributed by atoms with E-state index in [4.69, 9.17) is 10.5 Å². The third-order valence-electron chi connectivity index (χ3n) is 6.72. The molecule has 1 atom stereocenters. The largest absolute Gasteiger partial charge is 0.489 e. The average Bonchev–Trinajstić information content (AvgIpc) is 2.93. The Morgan fingerprint density at radius 1 is 0.921 bits per heavy atom. The fraction of sp³-hybridized carbons (Fsp3) is 0.345. The van der Waals surface area contributed by atoms with Gasteiger partial charge in [-0.2, -0.15) is 0 Å². The van der Waals surface area contributed by atoms with E-state index in [-0.39, 0.29) is 42.5 Å². The molecule has 3 aromatic rings. The van der Waals surface area contributed by atoms with Gasteiger partial charge in [-0.3, -0.25) is 14.6 Å². The summed E-state index contributed by atoms with van der Waals surface area (Å²) in [5.41, 5.74) is 8.41. The lowest BCUT2D eigenvalue weighted by Crippen LogP contribution is -2.48. The molecule has 0 saturated heterocycles. The topological polar surface area (TPSA) is 106 Å². The summed E-state index contributed by atoms with van der Waals surface area (Å²) in [6.45, 7) is 1.15. The fourth-order valence-electron chi connectivity index (χ4n) is 4.52. The van der Waals surface area contributed by atoms with E-state index < -0.39 is 6.04 Å². The smallest absolute Gasteiger partial charge is 0.247 e. The number of rotatable bonds is 10. The van der Waals surface area contributed by atoms with Crippen LogP contribution in [0.2, 0.25) is 0 Å². The molecule has 0 spiro atoms. The molecule has 38 heavy (non-hydrogen) atoms. The molecule has 7 nitrogen and oxygen atoms in total. The Hall–Kier alpha value is -3.13. The van der Waals surface area contributed by atoms with Crippen molar-refractivity contribution in [1.29, 1.82) is 0 Å². The van der Waals surface area contributed by atoms with E-state index in [1.807, 2.05) is 54.6 Å². The molecular formula is C29H36Cl2N4O3. The van der Waals surface area contributed by atoms with E-state index in [0.717, 1.165) is 42.6 Å². The molecule has 0 bridgehead atoms. The molecule has 1 heterocycles. The van der Waals surface area contributed by atoms with Crippen molar-refractivity contribution in [2.75, 3.05) is 11.9 Å². The highest BCUT2D eigenvalue weighted by atomic mass is 35.5. The standard InChI is InChI=1S/C29H34N4O3.2ClH/c30-18-22-8-12-24(13-9-22)28(34)33-27(29(35)32-25-7-4-16-31-19-25)17-21-10-14-26(15-11-21)36-20-23-5-2-1-3-6-23;;/h1-7,10-11,14-16,19,22,24,27H,8-9,12-13,17-18,20,30H2,(H,32,35)(H,33,34);2*1H/t22-,24-,27-;;/m0../s1. The molecule has 2 amide bonds. The van der Waals surface area contributed by atoms with Crippen molar-refractivity contribution >= 4 is 42.3 Å². The minimum atomic E-state index is -0.707. The lowest BCUT2D eigenvalue weighted by atomic mass is 9.81. The fourth-order valence-corrected chi connectivity index (χ4v) is 4.52. The second-order valence-corrected chi connectivity index (χ2v) is 9.37. The number of carbonyl (C=O) groups excluding carboxylic acids is 2. The van der Waals surface area contributed by atoms with Gasteiger partial charge in [0.05, 0.1) is 11.9 Å². The van der Waals surface area contributed by atoms with Gasteiger partial charge >= 0.3 is 0 Å². The van der Waals surface area contributed by atoms with Crippen LogP contribution in [0.4, 0.5) is 5.69 Å². The maximum atomic E-state index is 13.2. The molecule has 1 aromatic heterocycles. The van der Waals surface area contributed by atoms with E-state index in [0.29, 0.717) is 31.2 Å². The molecule has 0 radical (unpaired) electrons. The van der Waals surface area contributed by atoms with E-state index >= 15 is 0 Å². The number of nitrogens with zero attached hydrogens (tertiary/aromatic N) is 1. The van der Waals surface area contributed by atoms with Gasteiger partial charge in [-0.15, -0.1) is 24.8 Å². The van der Waals surface area contributed by atoms with Crippen molar-refractivity contribution in [3.05, 3.63) is 90.3 Å². The normalized spacial score (nSPS) is 17.2. The number of hydrogen-bond donors (Lipinski definition) is 3. The number of benzene rings is 2. The maximum absolute atomic E-state index is 13.2. The van der Waals surface area contributed by atoms with Crippen molar-refractivity contribution in [2.24, 2.45) is 17.6 Å². The average molecular weight is 560 g/mol. The summed E-state index contributed by atoms with van der Waals surface area (Å²) in [4.78, 5) is 30.3. The molecule has 1 aliphatic carbocycles. The van der Waals surface area contributed by atoms with Crippen molar-refractivity contribution < 1.29 is 14.3 Å². The van der Waals surface area contributed by atoms with Gasteiger partial charge in [0.2, 0.25) is 11.8 Å². The monoisotopic (exact) mass is 558 g/mol. The van der Waals surface area contributed by atoms with Crippen LogP contribution >= 0.6 is 24.8 Å². The molecule has 1 aliphatic rings. The minimum Gasteiger partial charge on any atom is -0.489 e. The molecule has 4 rings (SSSR count). The summed E-state index contributed by atoms with van der Waals surface area (Å²) in [5.74, 6) is 0.812. The van der Waals surface area contributed by atoms with Gasteiger partial charge < -0.3 is 21.1 Å². The highest BCUT2D eigenvalue weighted by Crippen LogP contribution is 2.28. The Morgan fingerprint density at radius 2 is 1.63 bits per heavy atom. The number of anilines is 1. The number of amides is 2. The van der Waals surface area contributed by atoms with Crippen molar-refractivity contribution in [2.45, 2.75) is 44.8 Å². The van der Waals surface area contributed by atoms with Crippen LogP contribution in [-0.2, 0) is 22.6 Å². The van der Waals surface area contributed by atoms with Crippen LogP contribution in [0.3, 0.4) is 0 Å². The van der Waals surface area contributed by atoms with E-state index in [9.17, 15) is 9.59 Å². The first-order valence-electron chi connectivity index (χ1n) is 12.6. The molecule has 0 unspecified atom stereocenters. The van der Waals surface area contributed by atoms with Gasteiger partial charge in [-0.1, -0.05) is 42.5 Å². The quantitative estimate of drug-likeness (QED) is 0.327. The van der Waals surface area contributed by atoms with E-state index in [2.05, 4.69) is 15.6 Å². The van der Waals surface area contributed by atoms with Gasteiger partial charge in [0.1, 0.15) is 18.4 Å². The first kappa shape index (κ1) is 31.1. The molecule has 9 heteroatoms. The van der Waals surface area contributed by atoms with Crippen LogP contribution in [-0.4, -0.2) is 29.4 Å². The van der Waals surface area contributed by atoms with Crippen LogP contribution in [0.25, 0.3) is 0 Å². The van der Waals surface area contributed by atoms with Gasteiger partial charge in [0, 0.05) is 18.5 Å². The third-order valence-corrected chi connectivity index (χ3v) is 6.72. The molecule has 4 N–H and O–H groups in total. The number of ether oxygens (including phenoxy) is 1. The van der Waals surface area contributed by atoms with Crippen LogP contribution in [0.15, 0.2) is 79.1 Å². The second-order valence-electron chi connectivity index (χ2n) is 9.37. The lowest BCUT2D eigenvalue weighted by molar-refractivity contribution is -0.130. The first-order valence-corrected chi connectivity index (χ1v) is 12.6. The predicted octanol–water partition coefficient (Wildman–Crippen LogP) is 4.94. The zero-order valence-electron chi connectivity index (χ0n) is 21.3. The summed E-state index contributed by atoms with van der Waals surface area (Å²) in [6.07, 6.45) is 7.11. The summed E-state index contributed by atoms with van der Waals surface area (Å²) < 4.78 is 5.88. The van der Waals surface area contributed by atoms with Crippen LogP contribution in [0.5, 0.6) is 5.75 Å². The number of carbonyl (C=O) groups is 2. The number of halogens is 2. The Kier molecular flexibility index (Phi) is 13.1. The summed E-state index contributed by atoms with van der Waals surface area (Å²) in [7, 11) is 0. The van der Waals surface area contributed by atoms with Crippen molar-refractivity contribution in [3.8, 4) is 5.75 Å². The molecule has 204 valence electrons.